The Kier molecular flexibility index (Phi) is 2.87. The van der Waals surface area contributed by atoms with Crippen LogP contribution in [0.2, 0.25) is 0 Å². The standard InChI is InChI=1S/C18H12N2O3/c1-10-9-15(20-23-10)19-18(22)14-8-4-7-13-16(14)11-5-2-3-6-12(11)17(13)21/h2-9H,1H3,(H,19,20,22). The summed E-state index contributed by atoms with van der Waals surface area (Å²) in [5.41, 5.74) is 3.08. The van der Waals surface area contributed by atoms with Gasteiger partial charge in [-0.1, -0.05) is 41.6 Å². The molecule has 1 heterocycles. The molecule has 0 spiro atoms. The normalized spacial score (nSPS) is 12.0. The molecule has 2 aromatic carbocycles. The summed E-state index contributed by atoms with van der Waals surface area (Å²) in [5, 5.41) is 6.46. The lowest BCUT2D eigenvalue weighted by molar-refractivity contribution is 0.102. The van der Waals surface area contributed by atoms with Crippen molar-refractivity contribution in [2.45, 2.75) is 6.92 Å². The summed E-state index contributed by atoms with van der Waals surface area (Å²) in [6.45, 7) is 1.75. The molecule has 0 unspecified atom stereocenters. The Morgan fingerprint density at radius 3 is 2.52 bits per heavy atom. The van der Waals surface area contributed by atoms with Gasteiger partial charge in [0.25, 0.3) is 5.91 Å². The molecule has 0 radical (unpaired) electrons. The van der Waals surface area contributed by atoms with E-state index in [1.165, 1.54) is 0 Å². The smallest absolute Gasteiger partial charge is 0.257 e. The van der Waals surface area contributed by atoms with Crippen molar-refractivity contribution in [1.82, 2.24) is 5.16 Å². The van der Waals surface area contributed by atoms with Crippen LogP contribution in [-0.2, 0) is 0 Å². The topological polar surface area (TPSA) is 72.2 Å². The van der Waals surface area contributed by atoms with E-state index in [0.717, 1.165) is 5.56 Å². The molecule has 112 valence electrons. The van der Waals surface area contributed by atoms with Crippen molar-refractivity contribution in [3.05, 3.63) is 71.0 Å². The van der Waals surface area contributed by atoms with Gasteiger partial charge in [-0.15, -0.1) is 0 Å². The van der Waals surface area contributed by atoms with Gasteiger partial charge >= 0.3 is 0 Å². The number of hydrogen-bond donors (Lipinski definition) is 1. The molecular formula is C18H12N2O3. The minimum Gasteiger partial charge on any atom is -0.360 e. The second-order valence-electron chi connectivity index (χ2n) is 5.38. The van der Waals surface area contributed by atoms with E-state index < -0.39 is 0 Å². The fourth-order valence-corrected chi connectivity index (χ4v) is 2.87. The van der Waals surface area contributed by atoms with Crippen molar-refractivity contribution >= 4 is 17.5 Å². The van der Waals surface area contributed by atoms with Crippen LogP contribution < -0.4 is 5.32 Å². The maximum Gasteiger partial charge on any atom is 0.257 e. The second kappa shape index (κ2) is 4.91. The lowest BCUT2D eigenvalue weighted by atomic mass is 9.99. The molecule has 5 heteroatoms. The van der Waals surface area contributed by atoms with Crippen LogP contribution in [0.1, 0.15) is 32.0 Å². The third kappa shape index (κ3) is 2.05. The van der Waals surface area contributed by atoms with Crippen LogP contribution in [0.4, 0.5) is 5.82 Å². The number of nitrogens with zero attached hydrogens (tertiary/aromatic N) is 1. The number of anilines is 1. The lowest BCUT2D eigenvalue weighted by Gasteiger charge is -2.08. The third-order valence-electron chi connectivity index (χ3n) is 3.86. The molecular weight excluding hydrogens is 292 g/mol. The number of nitrogens with one attached hydrogen (secondary N) is 1. The molecule has 0 fully saturated rings. The Labute approximate surface area is 131 Å². The number of hydrogen-bond acceptors (Lipinski definition) is 4. The summed E-state index contributed by atoms with van der Waals surface area (Å²) >= 11 is 0. The van der Waals surface area contributed by atoms with Crippen molar-refractivity contribution in [3.63, 3.8) is 0 Å². The molecule has 0 bridgehead atoms. The summed E-state index contributed by atoms with van der Waals surface area (Å²) in [5.74, 6) is 0.587. The van der Waals surface area contributed by atoms with Crippen molar-refractivity contribution in [3.8, 4) is 11.1 Å². The van der Waals surface area contributed by atoms with Crippen LogP contribution in [0.25, 0.3) is 11.1 Å². The summed E-state index contributed by atoms with van der Waals surface area (Å²) in [6, 6.07) is 14.1. The van der Waals surface area contributed by atoms with E-state index in [-0.39, 0.29) is 11.7 Å². The number of ketones is 1. The number of carbonyl (C=O) groups excluding carboxylic acids is 2. The molecule has 4 rings (SSSR count). The van der Waals surface area contributed by atoms with E-state index in [9.17, 15) is 9.59 Å². The number of benzene rings is 2. The van der Waals surface area contributed by atoms with E-state index in [4.69, 9.17) is 4.52 Å². The van der Waals surface area contributed by atoms with E-state index in [1.54, 1.807) is 37.3 Å². The summed E-state index contributed by atoms with van der Waals surface area (Å²) in [4.78, 5) is 25.1. The molecule has 1 aromatic heterocycles. The highest BCUT2D eigenvalue weighted by atomic mass is 16.5. The first-order chi connectivity index (χ1) is 11.1. The van der Waals surface area contributed by atoms with Gasteiger partial charge in [-0.05, 0) is 18.6 Å². The third-order valence-corrected chi connectivity index (χ3v) is 3.86. The predicted molar refractivity (Wildman–Crippen MR) is 84.5 cm³/mol. The average Bonchev–Trinajstić information content (AvgIpc) is 3.10. The quantitative estimate of drug-likeness (QED) is 0.615. The zero-order chi connectivity index (χ0) is 16.0. The molecule has 3 aromatic rings. The van der Waals surface area contributed by atoms with E-state index in [1.807, 2.05) is 18.2 Å². The minimum absolute atomic E-state index is 0.0532. The molecule has 1 N–H and O–H groups in total. The van der Waals surface area contributed by atoms with Gasteiger partial charge < -0.3 is 9.84 Å². The summed E-state index contributed by atoms with van der Waals surface area (Å²) in [6.07, 6.45) is 0. The van der Waals surface area contributed by atoms with Crippen molar-refractivity contribution in [2.24, 2.45) is 0 Å². The number of carbonyl (C=O) groups is 2. The molecule has 0 atom stereocenters. The fraction of sp³-hybridized carbons (Fsp3) is 0.0556. The molecule has 5 nitrogen and oxygen atoms in total. The number of fused-ring (bicyclic) bond motifs is 3. The highest BCUT2D eigenvalue weighted by Crippen LogP contribution is 2.38. The Hall–Kier alpha value is -3.21. The first-order valence-electron chi connectivity index (χ1n) is 7.17. The van der Waals surface area contributed by atoms with Gasteiger partial charge in [-0.2, -0.15) is 0 Å². The second-order valence-corrected chi connectivity index (χ2v) is 5.38. The van der Waals surface area contributed by atoms with Gasteiger partial charge in [0.05, 0.1) is 0 Å². The molecule has 0 saturated heterocycles. The van der Waals surface area contributed by atoms with E-state index in [2.05, 4.69) is 10.5 Å². The number of aryl methyl sites for hydroxylation is 1. The zero-order valence-corrected chi connectivity index (χ0v) is 12.3. The summed E-state index contributed by atoms with van der Waals surface area (Å²) < 4.78 is 4.95. The highest BCUT2D eigenvalue weighted by Gasteiger charge is 2.30. The predicted octanol–water partition coefficient (Wildman–Crippen LogP) is 3.45. The Morgan fingerprint density at radius 2 is 1.78 bits per heavy atom. The maximum atomic E-state index is 12.6. The van der Waals surface area contributed by atoms with Gasteiger partial charge in [-0.3, -0.25) is 9.59 Å². The Morgan fingerprint density at radius 1 is 1.04 bits per heavy atom. The molecule has 1 aliphatic carbocycles. The minimum atomic E-state index is -0.320. The van der Waals surface area contributed by atoms with Crippen LogP contribution in [0.3, 0.4) is 0 Å². The van der Waals surface area contributed by atoms with Gasteiger partial charge in [0.2, 0.25) is 0 Å². The van der Waals surface area contributed by atoms with Crippen LogP contribution in [0, 0.1) is 6.92 Å². The molecule has 0 aliphatic heterocycles. The molecule has 23 heavy (non-hydrogen) atoms. The highest BCUT2D eigenvalue weighted by molar-refractivity contribution is 6.25. The van der Waals surface area contributed by atoms with Crippen molar-refractivity contribution in [2.75, 3.05) is 5.32 Å². The monoisotopic (exact) mass is 304 g/mol. The number of rotatable bonds is 2. The molecule has 1 aliphatic rings. The first-order valence-corrected chi connectivity index (χ1v) is 7.17. The van der Waals surface area contributed by atoms with Crippen LogP contribution >= 0.6 is 0 Å². The van der Waals surface area contributed by atoms with Gasteiger partial charge in [0, 0.05) is 28.3 Å². The first kappa shape index (κ1) is 13.5. The van der Waals surface area contributed by atoms with Gasteiger partial charge in [0.1, 0.15) is 5.76 Å². The Balaban J connectivity index is 1.81. The van der Waals surface area contributed by atoms with Crippen LogP contribution in [0.15, 0.2) is 53.1 Å². The SMILES string of the molecule is Cc1cc(NC(=O)c2cccc3c2-c2ccccc2C3=O)no1. The van der Waals surface area contributed by atoms with E-state index >= 15 is 0 Å². The van der Waals surface area contributed by atoms with Crippen molar-refractivity contribution in [1.29, 1.82) is 0 Å². The Bertz CT molecular complexity index is 956. The van der Waals surface area contributed by atoms with Crippen LogP contribution in [-0.4, -0.2) is 16.8 Å². The lowest BCUT2D eigenvalue weighted by Crippen LogP contribution is -2.13. The molecule has 1 amide bonds. The fourth-order valence-electron chi connectivity index (χ4n) is 2.87. The van der Waals surface area contributed by atoms with Gasteiger partial charge in [-0.25, -0.2) is 0 Å². The number of amides is 1. The summed E-state index contributed by atoms with van der Waals surface area (Å²) in [7, 11) is 0. The average molecular weight is 304 g/mol. The molecule has 0 saturated carbocycles. The van der Waals surface area contributed by atoms with E-state index in [0.29, 0.717) is 33.8 Å². The largest absolute Gasteiger partial charge is 0.360 e. The van der Waals surface area contributed by atoms with Gasteiger partial charge in [0.15, 0.2) is 11.6 Å². The van der Waals surface area contributed by atoms with Crippen molar-refractivity contribution < 1.29 is 14.1 Å². The maximum absolute atomic E-state index is 12.6. The van der Waals surface area contributed by atoms with Crippen LogP contribution in [0.5, 0.6) is 0 Å². The number of aromatic nitrogens is 1. The zero-order valence-electron chi connectivity index (χ0n) is 12.3.